The molecule has 1 N–H and O–H groups in total. The van der Waals surface area contributed by atoms with E-state index in [0.717, 1.165) is 22.4 Å². The number of allylic oxidation sites excluding steroid dienone is 2. The van der Waals surface area contributed by atoms with Gasteiger partial charge in [0.05, 0.1) is 37.8 Å². The van der Waals surface area contributed by atoms with Gasteiger partial charge in [0.1, 0.15) is 11.6 Å². The number of carbonyl (C=O) groups is 2. The predicted molar refractivity (Wildman–Crippen MR) is 167 cm³/mol. The molecule has 0 saturated carbocycles. The Labute approximate surface area is 263 Å². The van der Waals surface area contributed by atoms with Gasteiger partial charge >= 0.3 is 6.16 Å². The highest BCUT2D eigenvalue weighted by Gasteiger charge is 2.27. The number of pyridine rings is 1. The zero-order valence-corrected chi connectivity index (χ0v) is 25.0. The summed E-state index contributed by atoms with van der Waals surface area (Å²) in [5.41, 5.74) is 4.76. The molecule has 0 fully saturated rings. The SMILES string of the molecule is COc1cc(/C=C2/C(C)=C(CC(=O)NCc3ccccn3)c3cc(F)ccc32)cc(OC)c1OC(=O)Oc1ccc([N+](=O)[O-])cc1. The number of hydrogen-bond donors (Lipinski definition) is 1. The maximum atomic E-state index is 14.4. The van der Waals surface area contributed by atoms with Crippen LogP contribution in [0.5, 0.6) is 23.0 Å². The molecule has 1 aliphatic rings. The first-order valence-electron chi connectivity index (χ1n) is 14.0. The number of benzene rings is 3. The molecule has 0 atom stereocenters. The summed E-state index contributed by atoms with van der Waals surface area (Å²) in [7, 11) is 2.78. The molecule has 12 heteroatoms. The van der Waals surface area contributed by atoms with Crippen molar-refractivity contribution in [3.63, 3.8) is 0 Å². The zero-order valence-electron chi connectivity index (χ0n) is 25.0. The smallest absolute Gasteiger partial charge is 0.493 e. The quantitative estimate of drug-likeness (QED) is 0.0876. The minimum Gasteiger partial charge on any atom is -0.493 e. The highest BCUT2D eigenvalue weighted by atomic mass is 19.1. The number of carbonyl (C=O) groups excluding carboxylic acids is 2. The van der Waals surface area contributed by atoms with E-state index in [0.29, 0.717) is 16.7 Å². The zero-order chi connectivity index (χ0) is 32.8. The van der Waals surface area contributed by atoms with Crippen molar-refractivity contribution in [2.75, 3.05) is 14.2 Å². The number of rotatable bonds is 10. The Hall–Kier alpha value is -6.04. The van der Waals surface area contributed by atoms with E-state index in [1.54, 1.807) is 30.5 Å². The minimum absolute atomic E-state index is 0.0305. The third-order valence-corrected chi connectivity index (χ3v) is 7.21. The molecule has 0 aliphatic heterocycles. The van der Waals surface area contributed by atoms with E-state index in [-0.39, 0.29) is 47.6 Å². The number of ether oxygens (including phenoxy) is 4. The van der Waals surface area contributed by atoms with Crippen LogP contribution in [0, 0.1) is 15.9 Å². The first kappa shape index (κ1) is 31.4. The number of amides is 1. The summed E-state index contributed by atoms with van der Waals surface area (Å²) in [5, 5.41) is 13.7. The summed E-state index contributed by atoms with van der Waals surface area (Å²) >= 11 is 0. The van der Waals surface area contributed by atoms with Crippen LogP contribution in [0.25, 0.3) is 17.2 Å². The first-order valence-corrected chi connectivity index (χ1v) is 14.0. The van der Waals surface area contributed by atoms with Crippen molar-refractivity contribution in [2.45, 2.75) is 19.9 Å². The Morgan fingerprint density at radius 2 is 1.67 bits per heavy atom. The number of nitro groups is 1. The lowest BCUT2D eigenvalue weighted by atomic mass is 10.00. The Morgan fingerprint density at radius 1 is 0.957 bits per heavy atom. The topological polar surface area (TPSA) is 139 Å². The summed E-state index contributed by atoms with van der Waals surface area (Å²) in [6.45, 7) is 2.13. The van der Waals surface area contributed by atoms with Crippen LogP contribution in [-0.2, 0) is 11.3 Å². The molecule has 1 aromatic heterocycles. The highest BCUT2D eigenvalue weighted by Crippen LogP contribution is 2.45. The molecule has 0 unspecified atom stereocenters. The predicted octanol–water partition coefficient (Wildman–Crippen LogP) is 6.76. The van der Waals surface area contributed by atoms with E-state index in [1.165, 1.54) is 50.6 Å². The summed E-state index contributed by atoms with van der Waals surface area (Å²) in [6.07, 6.45) is 2.41. The van der Waals surface area contributed by atoms with Gasteiger partial charge in [0, 0.05) is 18.3 Å². The molecule has 5 rings (SSSR count). The average Bonchev–Trinajstić information content (AvgIpc) is 3.29. The molecule has 1 heterocycles. The summed E-state index contributed by atoms with van der Waals surface area (Å²) < 4.78 is 36.0. The van der Waals surface area contributed by atoms with Gasteiger partial charge in [-0.15, -0.1) is 0 Å². The number of aromatic nitrogens is 1. The van der Waals surface area contributed by atoms with E-state index in [2.05, 4.69) is 10.3 Å². The molecular weight excluding hydrogens is 597 g/mol. The van der Waals surface area contributed by atoms with Crippen LogP contribution >= 0.6 is 0 Å². The van der Waals surface area contributed by atoms with E-state index in [9.17, 15) is 24.1 Å². The van der Waals surface area contributed by atoms with Gasteiger partial charge in [0.25, 0.3) is 5.69 Å². The second-order valence-corrected chi connectivity index (χ2v) is 10.1. The third-order valence-electron chi connectivity index (χ3n) is 7.21. The molecule has 1 aliphatic carbocycles. The van der Waals surface area contributed by atoms with E-state index >= 15 is 0 Å². The Morgan fingerprint density at radius 3 is 2.30 bits per heavy atom. The van der Waals surface area contributed by atoms with Gasteiger partial charge in [-0.05, 0) is 94.9 Å². The van der Waals surface area contributed by atoms with E-state index < -0.39 is 16.9 Å². The lowest BCUT2D eigenvalue weighted by Crippen LogP contribution is -2.23. The van der Waals surface area contributed by atoms with Crippen LogP contribution in [0.2, 0.25) is 0 Å². The van der Waals surface area contributed by atoms with Gasteiger partial charge in [-0.2, -0.15) is 0 Å². The number of nitrogens with one attached hydrogen (secondary N) is 1. The largest absolute Gasteiger partial charge is 0.519 e. The van der Waals surface area contributed by atoms with Gasteiger partial charge in [0.2, 0.25) is 11.7 Å². The van der Waals surface area contributed by atoms with E-state index in [1.807, 2.05) is 25.1 Å². The second kappa shape index (κ2) is 13.7. The van der Waals surface area contributed by atoms with Crippen LogP contribution in [0.4, 0.5) is 14.9 Å². The lowest BCUT2D eigenvalue weighted by Gasteiger charge is -2.14. The summed E-state index contributed by atoms with van der Waals surface area (Å²) in [6, 6.07) is 18.0. The van der Waals surface area contributed by atoms with Crippen LogP contribution < -0.4 is 24.3 Å². The minimum atomic E-state index is -1.12. The van der Waals surface area contributed by atoms with Crippen LogP contribution in [-0.4, -0.2) is 36.2 Å². The van der Waals surface area contributed by atoms with Crippen molar-refractivity contribution in [2.24, 2.45) is 0 Å². The van der Waals surface area contributed by atoms with Gasteiger partial charge in [-0.1, -0.05) is 12.1 Å². The molecule has 3 aromatic carbocycles. The Balaban J connectivity index is 1.41. The van der Waals surface area contributed by atoms with Gasteiger partial charge in [-0.3, -0.25) is 19.9 Å². The number of nitrogens with zero attached hydrogens (tertiary/aromatic N) is 2. The molecular formula is C34H28FN3O8. The number of halogens is 1. The van der Waals surface area contributed by atoms with Gasteiger partial charge < -0.3 is 24.3 Å². The first-order chi connectivity index (χ1) is 22.2. The monoisotopic (exact) mass is 625 g/mol. The van der Waals surface area contributed by atoms with Crippen LogP contribution in [0.15, 0.2) is 84.6 Å². The number of nitro benzene ring substituents is 1. The lowest BCUT2D eigenvalue weighted by molar-refractivity contribution is -0.384. The fourth-order valence-electron chi connectivity index (χ4n) is 4.98. The van der Waals surface area contributed by atoms with E-state index in [4.69, 9.17) is 18.9 Å². The molecule has 0 spiro atoms. The molecule has 4 aromatic rings. The highest BCUT2D eigenvalue weighted by molar-refractivity contribution is 6.08. The molecule has 0 bridgehead atoms. The molecule has 46 heavy (non-hydrogen) atoms. The third kappa shape index (κ3) is 7.02. The Kier molecular flexibility index (Phi) is 9.36. The summed E-state index contributed by atoms with van der Waals surface area (Å²) in [5.74, 6) is -0.369. The second-order valence-electron chi connectivity index (χ2n) is 10.1. The molecule has 1 amide bonds. The maximum absolute atomic E-state index is 14.4. The number of non-ortho nitro benzene ring substituents is 1. The molecule has 0 radical (unpaired) electrons. The normalized spacial score (nSPS) is 12.8. The van der Waals surface area contributed by atoms with Gasteiger partial charge in [0.15, 0.2) is 11.5 Å². The van der Waals surface area contributed by atoms with Crippen LogP contribution in [0.1, 0.15) is 35.7 Å². The Bertz CT molecular complexity index is 1850. The molecule has 234 valence electrons. The standard InChI is InChI=1S/C34H28FN3O8/c1-20-27(26-12-7-22(35)17-29(26)28(20)18-32(39)37-19-23-6-4-5-13-36-23)14-21-15-30(43-2)33(31(16-21)44-3)46-34(40)45-25-10-8-24(9-11-25)38(41)42/h4-17H,18-19H2,1-3H3,(H,37,39)/b27-14-. The fourth-order valence-corrected chi connectivity index (χ4v) is 4.98. The van der Waals surface area contributed by atoms with Crippen molar-refractivity contribution < 1.29 is 37.9 Å². The molecule has 11 nitrogen and oxygen atoms in total. The molecule has 0 saturated heterocycles. The van der Waals surface area contributed by atoms with Crippen LogP contribution in [0.3, 0.4) is 0 Å². The van der Waals surface area contributed by atoms with Crippen molar-refractivity contribution in [1.29, 1.82) is 0 Å². The number of methoxy groups -OCH3 is 2. The van der Waals surface area contributed by atoms with Crippen molar-refractivity contribution in [3.8, 4) is 23.0 Å². The van der Waals surface area contributed by atoms with Crippen molar-refractivity contribution >= 4 is 35.0 Å². The number of hydrogen-bond acceptors (Lipinski definition) is 9. The summed E-state index contributed by atoms with van der Waals surface area (Å²) in [4.78, 5) is 40.0. The fraction of sp³-hybridized carbons (Fsp3) is 0.147. The number of fused-ring (bicyclic) bond motifs is 1. The van der Waals surface area contributed by atoms with Gasteiger partial charge in [-0.25, -0.2) is 9.18 Å². The van der Waals surface area contributed by atoms with Crippen molar-refractivity contribution in [1.82, 2.24) is 10.3 Å². The van der Waals surface area contributed by atoms with Crippen molar-refractivity contribution in [3.05, 3.63) is 123 Å². The average molecular weight is 626 g/mol. The maximum Gasteiger partial charge on any atom is 0.519 e.